The summed E-state index contributed by atoms with van der Waals surface area (Å²) >= 11 is 0. The van der Waals surface area contributed by atoms with Gasteiger partial charge in [0.1, 0.15) is 6.04 Å². The third kappa shape index (κ3) is 3.99. The summed E-state index contributed by atoms with van der Waals surface area (Å²) < 4.78 is 0. The molecule has 0 spiro atoms. The van der Waals surface area contributed by atoms with Crippen LogP contribution in [0.2, 0.25) is 0 Å². The summed E-state index contributed by atoms with van der Waals surface area (Å²) in [5.41, 5.74) is 2.04. The molecule has 25 heavy (non-hydrogen) atoms. The maximum Gasteiger partial charge on any atom is 0.322 e. The van der Waals surface area contributed by atoms with Crippen molar-refractivity contribution in [3.8, 4) is 12.3 Å². The molecule has 1 unspecified atom stereocenters. The lowest BCUT2D eigenvalue weighted by Crippen LogP contribution is -2.45. The van der Waals surface area contributed by atoms with E-state index in [1.807, 2.05) is 30.3 Å². The van der Waals surface area contributed by atoms with Crippen molar-refractivity contribution in [3.05, 3.63) is 60.2 Å². The Hall–Kier alpha value is -3.26. The van der Waals surface area contributed by atoms with E-state index in [9.17, 15) is 9.59 Å². The molecule has 3 rings (SSSR count). The monoisotopic (exact) mass is 333 g/mol. The average Bonchev–Trinajstić information content (AvgIpc) is 3.13. The molecule has 2 N–H and O–H groups in total. The second kappa shape index (κ2) is 7.54. The zero-order chi connectivity index (χ0) is 17.6. The van der Waals surface area contributed by atoms with Gasteiger partial charge in [-0.1, -0.05) is 30.2 Å². The van der Waals surface area contributed by atoms with Crippen molar-refractivity contribution in [3.63, 3.8) is 0 Å². The van der Waals surface area contributed by atoms with E-state index < -0.39 is 6.04 Å². The smallest absolute Gasteiger partial charge is 0.322 e. The molecule has 1 saturated heterocycles. The molecule has 1 heterocycles. The number of nitrogens with zero attached hydrogens (tertiary/aromatic N) is 1. The van der Waals surface area contributed by atoms with E-state index in [0.29, 0.717) is 29.9 Å². The summed E-state index contributed by atoms with van der Waals surface area (Å²) in [6.07, 6.45) is 6.82. The van der Waals surface area contributed by atoms with Gasteiger partial charge in [-0.05, 0) is 43.2 Å². The van der Waals surface area contributed by atoms with Crippen LogP contribution in [0.4, 0.5) is 16.2 Å². The van der Waals surface area contributed by atoms with Gasteiger partial charge in [0.2, 0.25) is 5.91 Å². The number of hydrogen-bond acceptors (Lipinski definition) is 2. The number of benzene rings is 2. The maximum absolute atomic E-state index is 12.6. The Morgan fingerprint density at radius 2 is 1.80 bits per heavy atom. The molecule has 0 saturated carbocycles. The minimum Gasteiger partial charge on any atom is -0.324 e. The van der Waals surface area contributed by atoms with Crippen LogP contribution >= 0.6 is 0 Å². The number of nitrogens with one attached hydrogen (secondary N) is 2. The Kier molecular flexibility index (Phi) is 5.00. The van der Waals surface area contributed by atoms with Gasteiger partial charge in [-0.15, -0.1) is 6.42 Å². The molecule has 0 aromatic heterocycles. The standard InChI is InChI=1S/C20H19N3O2/c1-2-15-8-6-11-17(14-15)21-19(24)18-12-7-13-23(18)20(25)22-16-9-4-3-5-10-16/h1,3-6,8-11,14,18H,7,12-13H2,(H,21,24)(H,22,25). The fraction of sp³-hybridized carbons (Fsp3) is 0.200. The first-order valence-corrected chi connectivity index (χ1v) is 8.17. The summed E-state index contributed by atoms with van der Waals surface area (Å²) in [6, 6.07) is 15.6. The van der Waals surface area contributed by atoms with Crippen molar-refractivity contribution in [1.82, 2.24) is 4.90 Å². The number of carbonyl (C=O) groups excluding carboxylic acids is 2. The number of terminal acetylenes is 1. The van der Waals surface area contributed by atoms with Gasteiger partial charge in [-0.2, -0.15) is 0 Å². The molecule has 2 aromatic carbocycles. The zero-order valence-corrected chi connectivity index (χ0v) is 13.7. The number of urea groups is 1. The lowest BCUT2D eigenvalue weighted by Gasteiger charge is -2.24. The van der Waals surface area contributed by atoms with Crippen LogP contribution in [0, 0.1) is 12.3 Å². The van der Waals surface area contributed by atoms with Crippen molar-refractivity contribution < 1.29 is 9.59 Å². The van der Waals surface area contributed by atoms with Gasteiger partial charge in [0, 0.05) is 23.5 Å². The lowest BCUT2D eigenvalue weighted by molar-refractivity contribution is -0.119. The lowest BCUT2D eigenvalue weighted by atomic mass is 10.1. The van der Waals surface area contributed by atoms with Crippen molar-refractivity contribution in [1.29, 1.82) is 0 Å². The van der Waals surface area contributed by atoms with Gasteiger partial charge in [0.15, 0.2) is 0 Å². The topological polar surface area (TPSA) is 61.4 Å². The maximum atomic E-state index is 12.6. The van der Waals surface area contributed by atoms with E-state index in [1.165, 1.54) is 0 Å². The van der Waals surface area contributed by atoms with Crippen LogP contribution in [0.25, 0.3) is 0 Å². The zero-order valence-electron chi connectivity index (χ0n) is 13.7. The molecular weight excluding hydrogens is 314 g/mol. The largest absolute Gasteiger partial charge is 0.324 e. The predicted molar refractivity (Wildman–Crippen MR) is 98.2 cm³/mol. The molecule has 0 bridgehead atoms. The van der Waals surface area contributed by atoms with E-state index in [2.05, 4.69) is 16.6 Å². The Bertz CT molecular complexity index is 811. The van der Waals surface area contributed by atoms with Crippen LogP contribution in [-0.4, -0.2) is 29.4 Å². The summed E-state index contributed by atoms with van der Waals surface area (Å²) in [4.78, 5) is 26.7. The fourth-order valence-electron chi connectivity index (χ4n) is 2.91. The molecule has 126 valence electrons. The quantitative estimate of drug-likeness (QED) is 0.847. The van der Waals surface area contributed by atoms with E-state index in [4.69, 9.17) is 6.42 Å². The molecule has 3 amide bonds. The molecule has 5 heteroatoms. The molecule has 0 radical (unpaired) electrons. The molecule has 2 aromatic rings. The minimum atomic E-state index is -0.488. The fourth-order valence-corrected chi connectivity index (χ4v) is 2.91. The Labute approximate surface area is 147 Å². The Balaban J connectivity index is 1.67. The number of hydrogen-bond donors (Lipinski definition) is 2. The van der Waals surface area contributed by atoms with E-state index in [1.54, 1.807) is 29.2 Å². The third-order valence-corrected chi connectivity index (χ3v) is 4.14. The van der Waals surface area contributed by atoms with Crippen LogP contribution in [0.5, 0.6) is 0 Å². The van der Waals surface area contributed by atoms with Crippen LogP contribution in [0.3, 0.4) is 0 Å². The summed E-state index contributed by atoms with van der Waals surface area (Å²) in [6.45, 7) is 0.557. The first kappa shape index (κ1) is 16.6. The van der Waals surface area contributed by atoms with Gasteiger partial charge in [-0.25, -0.2) is 4.79 Å². The van der Waals surface area contributed by atoms with Crippen molar-refractivity contribution in [2.45, 2.75) is 18.9 Å². The number of carbonyl (C=O) groups is 2. The molecule has 5 nitrogen and oxygen atoms in total. The first-order chi connectivity index (χ1) is 12.2. The van der Waals surface area contributed by atoms with Gasteiger partial charge in [-0.3, -0.25) is 4.79 Å². The van der Waals surface area contributed by atoms with Crippen molar-refractivity contribution in [2.24, 2.45) is 0 Å². The van der Waals surface area contributed by atoms with Crippen LogP contribution in [0.15, 0.2) is 54.6 Å². The number of amides is 3. The van der Waals surface area contributed by atoms with Gasteiger partial charge in [0.25, 0.3) is 0 Å². The molecule has 0 aliphatic carbocycles. The van der Waals surface area contributed by atoms with Gasteiger partial charge >= 0.3 is 6.03 Å². The minimum absolute atomic E-state index is 0.199. The second-order valence-electron chi connectivity index (χ2n) is 5.86. The number of para-hydroxylation sites is 1. The van der Waals surface area contributed by atoms with Gasteiger partial charge < -0.3 is 15.5 Å². The molecule has 1 aliphatic rings. The van der Waals surface area contributed by atoms with E-state index >= 15 is 0 Å². The molecule has 1 atom stereocenters. The normalized spacial score (nSPS) is 16.1. The van der Waals surface area contributed by atoms with Crippen molar-refractivity contribution in [2.75, 3.05) is 17.2 Å². The van der Waals surface area contributed by atoms with Crippen LogP contribution in [-0.2, 0) is 4.79 Å². The summed E-state index contributed by atoms with van der Waals surface area (Å²) in [5, 5.41) is 5.68. The van der Waals surface area contributed by atoms with Gasteiger partial charge in [0.05, 0.1) is 0 Å². The Morgan fingerprint density at radius 1 is 1.04 bits per heavy atom. The highest BCUT2D eigenvalue weighted by Gasteiger charge is 2.34. The third-order valence-electron chi connectivity index (χ3n) is 4.14. The highest BCUT2D eigenvalue weighted by Crippen LogP contribution is 2.21. The highest BCUT2D eigenvalue weighted by molar-refractivity contribution is 5.99. The number of anilines is 2. The van der Waals surface area contributed by atoms with Crippen LogP contribution < -0.4 is 10.6 Å². The summed E-state index contributed by atoms with van der Waals surface area (Å²) in [5.74, 6) is 2.34. The molecular formula is C20H19N3O2. The predicted octanol–water partition coefficient (Wildman–Crippen LogP) is 3.30. The van der Waals surface area contributed by atoms with Crippen molar-refractivity contribution >= 4 is 23.3 Å². The number of rotatable bonds is 3. The van der Waals surface area contributed by atoms with Crippen LogP contribution in [0.1, 0.15) is 18.4 Å². The summed E-state index contributed by atoms with van der Waals surface area (Å²) in [7, 11) is 0. The second-order valence-corrected chi connectivity index (χ2v) is 5.86. The number of likely N-dealkylation sites (tertiary alicyclic amines) is 1. The molecule has 1 fully saturated rings. The SMILES string of the molecule is C#Cc1cccc(NC(=O)C2CCCN2C(=O)Nc2ccccc2)c1. The van der Waals surface area contributed by atoms with E-state index in [0.717, 1.165) is 6.42 Å². The average molecular weight is 333 g/mol. The highest BCUT2D eigenvalue weighted by atomic mass is 16.2. The molecule has 1 aliphatic heterocycles. The Morgan fingerprint density at radius 3 is 2.56 bits per heavy atom. The first-order valence-electron chi connectivity index (χ1n) is 8.17. The van der Waals surface area contributed by atoms with E-state index in [-0.39, 0.29) is 11.9 Å².